The van der Waals surface area contributed by atoms with Gasteiger partial charge in [0, 0.05) is 11.3 Å². The van der Waals surface area contributed by atoms with E-state index < -0.39 is 11.9 Å². The molecule has 0 heterocycles. The molecule has 8 nitrogen and oxygen atoms in total. The molecule has 8 heteroatoms. The first-order chi connectivity index (χ1) is 11.1. The Hall–Kier alpha value is -3.55. The Balaban J connectivity index is 2.21. The van der Waals surface area contributed by atoms with Crippen molar-refractivity contribution < 1.29 is 14.7 Å². The zero-order chi connectivity index (χ0) is 16.8. The third kappa shape index (κ3) is 3.56. The standard InChI is InChI=1S/C15H13N5O3/c16-19-13(20-17)9-5-7-10(8-6-9)18-14(21)11-3-1-2-4-12(11)15(22)23/h1-8,16H,17H2,(H,18,21)(H,22,23)/b19-16?,20-13-. The van der Waals surface area contributed by atoms with E-state index in [0.29, 0.717) is 11.3 Å². The Bertz CT molecular complexity index is 784. The van der Waals surface area contributed by atoms with E-state index >= 15 is 0 Å². The Morgan fingerprint density at radius 2 is 1.65 bits per heavy atom. The van der Waals surface area contributed by atoms with Crippen LogP contribution in [0.3, 0.4) is 0 Å². The fourth-order valence-corrected chi connectivity index (χ4v) is 1.94. The fourth-order valence-electron chi connectivity index (χ4n) is 1.94. The summed E-state index contributed by atoms with van der Waals surface area (Å²) in [5.74, 6) is 3.45. The second kappa shape index (κ2) is 6.94. The SMILES string of the molecule is N=N/C(=N\N)c1ccc(NC(=O)c2ccccc2C(=O)O)cc1. The predicted molar refractivity (Wildman–Crippen MR) is 83.7 cm³/mol. The van der Waals surface area contributed by atoms with E-state index in [9.17, 15) is 9.59 Å². The van der Waals surface area contributed by atoms with Crippen LogP contribution in [0.2, 0.25) is 0 Å². The van der Waals surface area contributed by atoms with Gasteiger partial charge in [-0.3, -0.25) is 4.79 Å². The molecule has 0 unspecified atom stereocenters. The maximum absolute atomic E-state index is 12.2. The van der Waals surface area contributed by atoms with Crippen molar-refractivity contribution in [3.8, 4) is 0 Å². The minimum absolute atomic E-state index is 0.0547. The molecule has 1 amide bonds. The summed E-state index contributed by atoms with van der Waals surface area (Å²) in [7, 11) is 0. The average molecular weight is 311 g/mol. The van der Waals surface area contributed by atoms with Gasteiger partial charge in [-0.2, -0.15) is 5.10 Å². The number of rotatable bonds is 4. The van der Waals surface area contributed by atoms with Crippen LogP contribution in [0, 0.1) is 5.53 Å². The molecular weight excluding hydrogens is 298 g/mol. The van der Waals surface area contributed by atoms with Gasteiger partial charge in [-0.1, -0.05) is 12.1 Å². The van der Waals surface area contributed by atoms with Crippen molar-refractivity contribution in [3.05, 3.63) is 65.2 Å². The third-order valence-corrected chi connectivity index (χ3v) is 3.03. The zero-order valence-electron chi connectivity index (χ0n) is 11.9. The van der Waals surface area contributed by atoms with Gasteiger partial charge in [0.05, 0.1) is 11.1 Å². The number of carbonyl (C=O) groups excluding carboxylic acids is 1. The number of hydrazone groups is 1. The number of hydrogen-bond donors (Lipinski definition) is 4. The molecule has 2 rings (SSSR count). The largest absolute Gasteiger partial charge is 0.478 e. The van der Waals surface area contributed by atoms with E-state index in [0.717, 1.165) is 0 Å². The van der Waals surface area contributed by atoms with Gasteiger partial charge in [0.1, 0.15) is 0 Å². The van der Waals surface area contributed by atoms with Crippen LogP contribution in [0.25, 0.3) is 0 Å². The zero-order valence-corrected chi connectivity index (χ0v) is 11.9. The summed E-state index contributed by atoms with van der Waals surface area (Å²) in [5.41, 5.74) is 7.90. The number of amidine groups is 1. The lowest BCUT2D eigenvalue weighted by atomic mass is 10.1. The van der Waals surface area contributed by atoms with Crippen LogP contribution >= 0.6 is 0 Å². The topological polar surface area (TPSA) is 141 Å². The van der Waals surface area contributed by atoms with Crippen molar-refractivity contribution in [1.29, 1.82) is 5.53 Å². The van der Waals surface area contributed by atoms with Gasteiger partial charge >= 0.3 is 5.97 Å². The van der Waals surface area contributed by atoms with Crippen LogP contribution in [-0.2, 0) is 0 Å². The first kappa shape index (κ1) is 15.8. The molecule has 0 atom stereocenters. The number of anilines is 1. The number of amides is 1. The number of carboxylic acid groups (broad SMARTS) is 1. The number of benzene rings is 2. The number of nitrogens with zero attached hydrogens (tertiary/aromatic N) is 2. The van der Waals surface area contributed by atoms with E-state index in [4.69, 9.17) is 16.5 Å². The van der Waals surface area contributed by atoms with Crippen molar-refractivity contribution in [2.45, 2.75) is 0 Å². The van der Waals surface area contributed by atoms with Crippen LogP contribution in [-0.4, -0.2) is 22.8 Å². The molecule has 5 N–H and O–H groups in total. The lowest BCUT2D eigenvalue weighted by molar-refractivity contribution is 0.0692. The molecule has 0 spiro atoms. The molecule has 23 heavy (non-hydrogen) atoms. The van der Waals surface area contributed by atoms with Crippen molar-refractivity contribution >= 4 is 23.4 Å². The molecule has 0 fully saturated rings. The highest BCUT2D eigenvalue weighted by atomic mass is 16.4. The van der Waals surface area contributed by atoms with E-state index in [1.54, 1.807) is 36.4 Å². The summed E-state index contributed by atoms with van der Waals surface area (Å²) in [6.07, 6.45) is 0. The van der Waals surface area contributed by atoms with Crippen LogP contribution in [0.15, 0.2) is 58.7 Å². The summed E-state index contributed by atoms with van der Waals surface area (Å²) in [6.45, 7) is 0. The Morgan fingerprint density at radius 1 is 1.04 bits per heavy atom. The van der Waals surface area contributed by atoms with Crippen molar-refractivity contribution in [2.75, 3.05) is 5.32 Å². The maximum Gasteiger partial charge on any atom is 0.336 e. The van der Waals surface area contributed by atoms with Gasteiger partial charge in [0.15, 0.2) is 5.84 Å². The number of nitrogens with one attached hydrogen (secondary N) is 2. The first-order valence-corrected chi connectivity index (χ1v) is 6.46. The molecular formula is C15H13N5O3. The smallest absolute Gasteiger partial charge is 0.336 e. The molecule has 2 aromatic rings. The molecule has 2 aromatic carbocycles. The van der Waals surface area contributed by atoms with Crippen molar-refractivity contribution in [1.82, 2.24) is 0 Å². The van der Waals surface area contributed by atoms with Gasteiger partial charge in [-0.25, -0.2) is 10.3 Å². The molecule has 116 valence electrons. The average Bonchev–Trinajstić information content (AvgIpc) is 2.57. The third-order valence-electron chi connectivity index (χ3n) is 3.03. The van der Waals surface area contributed by atoms with Gasteiger partial charge in [-0.15, -0.1) is 5.11 Å². The Kier molecular flexibility index (Phi) is 4.78. The lowest BCUT2D eigenvalue weighted by Gasteiger charge is -2.08. The molecule has 0 aliphatic carbocycles. The quantitative estimate of drug-likeness (QED) is 0.226. The number of carboxylic acids is 1. The second-order valence-electron chi connectivity index (χ2n) is 4.45. The van der Waals surface area contributed by atoms with Gasteiger partial charge in [0.25, 0.3) is 5.91 Å². The van der Waals surface area contributed by atoms with E-state index in [-0.39, 0.29) is 17.0 Å². The Morgan fingerprint density at radius 3 is 2.17 bits per heavy atom. The van der Waals surface area contributed by atoms with E-state index in [1.165, 1.54) is 12.1 Å². The van der Waals surface area contributed by atoms with Crippen LogP contribution in [0.1, 0.15) is 26.3 Å². The van der Waals surface area contributed by atoms with Crippen LogP contribution < -0.4 is 11.2 Å². The highest BCUT2D eigenvalue weighted by Gasteiger charge is 2.15. The summed E-state index contributed by atoms with van der Waals surface area (Å²) in [5, 5.41) is 18.2. The normalized spacial score (nSPS) is 10.9. The number of hydrogen-bond acceptors (Lipinski definition) is 5. The molecule has 0 aliphatic rings. The number of carbonyl (C=O) groups is 2. The summed E-state index contributed by atoms with van der Waals surface area (Å²) in [4.78, 5) is 23.3. The highest BCUT2D eigenvalue weighted by Crippen LogP contribution is 2.15. The minimum atomic E-state index is -1.17. The molecule has 0 radical (unpaired) electrons. The maximum atomic E-state index is 12.2. The fraction of sp³-hybridized carbons (Fsp3) is 0. The van der Waals surface area contributed by atoms with Crippen molar-refractivity contribution in [3.63, 3.8) is 0 Å². The second-order valence-corrected chi connectivity index (χ2v) is 4.45. The molecule has 0 bridgehead atoms. The van der Waals surface area contributed by atoms with Gasteiger partial charge < -0.3 is 16.3 Å². The summed E-state index contributed by atoms with van der Waals surface area (Å²) < 4.78 is 0. The van der Waals surface area contributed by atoms with Crippen molar-refractivity contribution in [2.24, 2.45) is 16.1 Å². The van der Waals surface area contributed by atoms with Gasteiger partial charge in [0.2, 0.25) is 0 Å². The van der Waals surface area contributed by atoms with Crippen LogP contribution in [0.5, 0.6) is 0 Å². The van der Waals surface area contributed by atoms with E-state index in [1.807, 2.05) is 0 Å². The van der Waals surface area contributed by atoms with Crippen LogP contribution in [0.4, 0.5) is 5.69 Å². The molecule has 0 saturated carbocycles. The lowest BCUT2D eigenvalue weighted by Crippen LogP contribution is -2.16. The number of aromatic carboxylic acids is 1. The molecule has 0 saturated heterocycles. The monoisotopic (exact) mass is 311 g/mol. The Labute approximate surface area is 131 Å². The van der Waals surface area contributed by atoms with E-state index in [2.05, 4.69) is 15.5 Å². The predicted octanol–water partition coefficient (Wildman–Crippen LogP) is 2.29. The summed E-state index contributed by atoms with van der Waals surface area (Å²) >= 11 is 0. The molecule has 0 aliphatic heterocycles. The highest BCUT2D eigenvalue weighted by molar-refractivity contribution is 6.10. The van der Waals surface area contributed by atoms with Gasteiger partial charge in [-0.05, 0) is 36.4 Å². The first-order valence-electron chi connectivity index (χ1n) is 6.46. The molecule has 0 aromatic heterocycles. The minimum Gasteiger partial charge on any atom is -0.478 e. The summed E-state index contributed by atoms with van der Waals surface area (Å²) in [6, 6.07) is 12.3. The number of nitrogens with two attached hydrogens (primary N) is 1.